The Hall–Kier alpha value is -4.07. The summed E-state index contributed by atoms with van der Waals surface area (Å²) in [6.07, 6.45) is 3.11. The molecule has 0 radical (unpaired) electrons. The lowest BCUT2D eigenvalue weighted by molar-refractivity contribution is 0.0600. The van der Waals surface area contributed by atoms with E-state index in [-0.39, 0.29) is 11.9 Å². The summed E-state index contributed by atoms with van der Waals surface area (Å²) in [7, 11) is 1.33. The molecular formula is C24H19F2N3O3. The summed E-state index contributed by atoms with van der Waals surface area (Å²) in [6, 6.07) is 13.7. The Morgan fingerprint density at radius 3 is 2.28 bits per heavy atom. The number of benzene rings is 2. The first-order valence-corrected chi connectivity index (χ1v) is 9.78. The number of carbonyl (C=O) groups is 1. The third-order valence-electron chi connectivity index (χ3n) is 4.95. The molecule has 32 heavy (non-hydrogen) atoms. The van der Waals surface area contributed by atoms with Crippen molar-refractivity contribution >= 4 is 22.6 Å². The highest BCUT2D eigenvalue weighted by Gasteiger charge is 2.18. The van der Waals surface area contributed by atoms with Gasteiger partial charge in [-0.1, -0.05) is 18.2 Å². The van der Waals surface area contributed by atoms with E-state index in [1.165, 1.54) is 19.4 Å². The van der Waals surface area contributed by atoms with Crippen LogP contribution in [0, 0.1) is 11.6 Å². The van der Waals surface area contributed by atoms with E-state index in [1.807, 2.05) is 6.92 Å². The third kappa shape index (κ3) is 4.20. The molecule has 0 saturated carbocycles. The SMILES string of the molecule is COC(=O)c1ccc([C@H](C)Nc2nccc3ccnc(Oc4c(F)cccc4F)c23)cc1. The lowest BCUT2D eigenvalue weighted by Gasteiger charge is -2.18. The molecule has 0 bridgehead atoms. The van der Waals surface area contributed by atoms with Crippen LogP contribution in [-0.4, -0.2) is 23.0 Å². The predicted octanol–water partition coefficient (Wildman–Crippen LogP) is 5.66. The van der Waals surface area contributed by atoms with Crippen LogP contribution in [-0.2, 0) is 4.74 Å². The van der Waals surface area contributed by atoms with Crippen LogP contribution in [0.2, 0.25) is 0 Å². The van der Waals surface area contributed by atoms with Crippen LogP contribution in [0.25, 0.3) is 10.8 Å². The fraction of sp³-hybridized carbons (Fsp3) is 0.125. The van der Waals surface area contributed by atoms with Crippen molar-refractivity contribution in [2.75, 3.05) is 12.4 Å². The highest BCUT2D eigenvalue weighted by Crippen LogP contribution is 2.35. The topological polar surface area (TPSA) is 73.3 Å². The molecule has 2 aromatic heterocycles. The van der Waals surface area contributed by atoms with Crippen LogP contribution in [0.3, 0.4) is 0 Å². The van der Waals surface area contributed by atoms with E-state index in [9.17, 15) is 13.6 Å². The van der Waals surface area contributed by atoms with E-state index in [0.29, 0.717) is 16.8 Å². The number of hydrogen-bond acceptors (Lipinski definition) is 6. The van der Waals surface area contributed by atoms with Crippen molar-refractivity contribution in [3.8, 4) is 11.6 Å². The number of halogens is 2. The van der Waals surface area contributed by atoms with Gasteiger partial charge in [0.15, 0.2) is 11.6 Å². The van der Waals surface area contributed by atoms with Crippen molar-refractivity contribution in [2.24, 2.45) is 0 Å². The highest BCUT2D eigenvalue weighted by molar-refractivity contribution is 5.96. The minimum atomic E-state index is -0.832. The second-order valence-corrected chi connectivity index (χ2v) is 7.01. The van der Waals surface area contributed by atoms with Crippen LogP contribution in [0.15, 0.2) is 67.0 Å². The Morgan fingerprint density at radius 2 is 1.62 bits per heavy atom. The minimum absolute atomic E-state index is 0.0235. The third-order valence-corrected chi connectivity index (χ3v) is 4.95. The van der Waals surface area contributed by atoms with Crippen LogP contribution in [0.5, 0.6) is 11.6 Å². The summed E-state index contributed by atoms with van der Waals surface area (Å²) in [5.41, 5.74) is 1.33. The van der Waals surface area contributed by atoms with Crippen molar-refractivity contribution in [1.82, 2.24) is 9.97 Å². The summed E-state index contributed by atoms with van der Waals surface area (Å²) in [5, 5.41) is 4.50. The van der Waals surface area contributed by atoms with E-state index in [1.54, 1.807) is 42.6 Å². The second-order valence-electron chi connectivity index (χ2n) is 7.01. The summed E-state index contributed by atoms with van der Waals surface area (Å²) in [4.78, 5) is 20.2. The number of ether oxygens (including phenoxy) is 2. The lowest BCUT2D eigenvalue weighted by Crippen LogP contribution is -2.09. The Morgan fingerprint density at radius 1 is 0.969 bits per heavy atom. The quantitative estimate of drug-likeness (QED) is 0.394. The van der Waals surface area contributed by atoms with Gasteiger partial charge in [0, 0.05) is 18.4 Å². The molecule has 0 unspecified atom stereocenters. The molecule has 0 fully saturated rings. The van der Waals surface area contributed by atoms with Gasteiger partial charge in [-0.05, 0) is 54.3 Å². The summed E-state index contributed by atoms with van der Waals surface area (Å²) < 4.78 is 38.5. The van der Waals surface area contributed by atoms with Gasteiger partial charge in [0.2, 0.25) is 11.6 Å². The van der Waals surface area contributed by atoms with Crippen molar-refractivity contribution in [2.45, 2.75) is 13.0 Å². The summed E-state index contributed by atoms with van der Waals surface area (Å²) >= 11 is 0. The van der Waals surface area contributed by atoms with Gasteiger partial charge in [0.05, 0.1) is 18.1 Å². The molecule has 4 rings (SSSR count). The number of fused-ring (bicyclic) bond motifs is 1. The van der Waals surface area contributed by atoms with Gasteiger partial charge >= 0.3 is 5.97 Å². The maximum atomic E-state index is 14.1. The van der Waals surface area contributed by atoms with Gasteiger partial charge < -0.3 is 14.8 Å². The first-order valence-electron chi connectivity index (χ1n) is 9.78. The van der Waals surface area contributed by atoms with Crippen molar-refractivity contribution in [3.05, 3.63) is 89.8 Å². The maximum absolute atomic E-state index is 14.1. The molecule has 2 aromatic carbocycles. The smallest absolute Gasteiger partial charge is 0.337 e. The van der Waals surface area contributed by atoms with Gasteiger partial charge in [-0.25, -0.2) is 23.5 Å². The van der Waals surface area contributed by atoms with E-state index in [4.69, 9.17) is 9.47 Å². The second kappa shape index (κ2) is 8.97. The van der Waals surface area contributed by atoms with Crippen molar-refractivity contribution < 1.29 is 23.0 Å². The molecule has 8 heteroatoms. The normalized spacial score (nSPS) is 11.8. The van der Waals surface area contributed by atoms with Gasteiger partial charge in [0.1, 0.15) is 5.82 Å². The van der Waals surface area contributed by atoms with E-state index >= 15 is 0 Å². The average Bonchev–Trinajstić information content (AvgIpc) is 2.81. The molecular weight excluding hydrogens is 416 g/mol. The molecule has 0 spiro atoms. The molecule has 0 aliphatic rings. The number of methoxy groups -OCH3 is 1. The van der Waals surface area contributed by atoms with Crippen LogP contribution in [0.4, 0.5) is 14.6 Å². The molecule has 4 aromatic rings. The number of hydrogen-bond donors (Lipinski definition) is 1. The molecule has 1 atom stereocenters. The maximum Gasteiger partial charge on any atom is 0.337 e. The van der Waals surface area contributed by atoms with E-state index in [0.717, 1.165) is 23.1 Å². The largest absolute Gasteiger partial charge is 0.465 e. The Kier molecular flexibility index (Phi) is 5.93. The van der Waals surface area contributed by atoms with Gasteiger partial charge in [-0.2, -0.15) is 0 Å². The summed E-state index contributed by atoms with van der Waals surface area (Å²) in [5.74, 6) is -2.15. The van der Waals surface area contributed by atoms with Crippen molar-refractivity contribution in [1.29, 1.82) is 0 Å². The average molecular weight is 435 g/mol. The molecule has 1 N–H and O–H groups in total. The Balaban J connectivity index is 1.68. The van der Waals surface area contributed by atoms with E-state index in [2.05, 4.69) is 15.3 Å². The number of aromatic nitrogens is 2. The van der Waals surface area contributed by atoms with Gasteiger partial charge in [0.25, 0.3) is 0 Å². The van der Waals surface area contributed by atoms with Crippen LogP contribution < -0.4 is 10.1 Å². The molecule has 0 amide bonds. The van der Waals surface area contributed by atoms with Crippen LogP contribution >= 0.6 is 0 Å². The zero-order valence-corrected chi connectivity index (χ0v) is 17.3. The number of rotatable bonds is 6. The number of anilines is 1. The molecule has 0 aliphatic heterocycles. The zero-order chi connectivity index (χ0) is 22.7. The van der Waals surface area contributed by atoms with Gasteiger partial charge in [-0.3, -0.25) is 0 Å². The molecule has 2 heterocycles. The van der Waals surface area contributed by atoms with Crippen molar-refractivity contribution in [3.63, 3.8) is 0 Å². The number of pyridine rings is 2. The fourth-order valence-corrected chi connectivity index (χ4v) is 3.27. The predicted molar refractivity (Wildman–Crippen MR) is 116 cm³/mol. The first kappa shape index (κ1) is 21.2. The Bertz CT molecular complexity index is 1250. The monoisotopic (exact) mass is 435 g/mol. The first-order chi connectivity index (χ1) is 15.5. The lowest BCUT2D eigenvalue weighted by atomic mass is 10.1. The molecule has 0 saturated heterocycles. The zero-order valence-electron chi connectivity index (χ0n) is 17.3. The molecule has 0 aliphatic carbocycles. The Labute approximate surface area is 182 Å². The standard InChI is InChI=1S/C24H19F2N3O3/c1-14(15-6-8-17(9-7-15)24(30)31-2)29-22-20-16(10-12-27-22)11-13-28-23(20)32-21-18(25)4-3-5-19(21)26/h3-14H,1-2H3,(H,27,29)/t14-/m0/s1. The van der Waals surface area contributed by atoms with E-state index < -0.39 is 23.4 Å². The van der Waals surface area contributed by atoms with Crippen LogP contribution in [0.1, 0.15) is 28.9 Å². The van der Waals surface area contributed by atoms with Gasteiger partial charge in [-0.15, -0.1) is 0 Å². The number of nitrogens with one attached hydrogen (secondary N) is 1. The molecule has 162 valence electrons. The summed E-state index contributed by atoms with van der Waals surface area (Å²) in [6.45, 7) is 1.92. The number of nitrogens with zero attached hydrogens (tertiary/aromatic N) is 2. The molecule has 6 nitrogen and oxygen atoms in total. The number of carbonyl (C=O) groups excluding carboxylic acids is 1. The minimum Gasteiger partial charge on any atom is -0.465 e. The fourth-order valence-electron chi connectivity index (χ4n) is 3.27. The highest BCUT2D eigenvalue weighted by atomic mass is 19.1. The number of para-hydroxylation sites is 1. The number of esters is 1.